The molecule has 0 bridgehead atoms. The summed E-state index contributed by atoms with van der Waals surface area (Å²) in [4.78, 5) is 0. The van der Waals surface area contributed by atoms with Crippen LogP contribution in [0.2, 0.25) is 0 Å². The molecule has 1 saturated heterocycles. The Balaban J connectivity index is 2.70. The van der Waals surface area contributed by atoms with E-state index in [0.29, 0.717) is 5.75 Å². The zero-order valence-corrected chi connectivity index (χ0v) is 7.33. The van der Waals surface area contributed by atoms with Crippen molar-refractivity contribution in [2.45, 2.75) is 18.6 Å². The first-order chi connectivity index (χ1) is 4.44. The molecule has 0 N–H and O–H groups in total. The molecule has 3 heteroatoms. The van der Waals surface area contributed by atoms with Crippen molar-refractivity contribution in [3.05, 3.63) is 0 Å². The Morgan fingerprint density at radius 1 is 1.80 bits per heavy atom. The van der Waals surface area contributed by atoms with Crippen molar-refractivity contribution in [3.63, 3.8) is 0 Å². The van der Waals surface area contributed by atoms with Crippen LogP contribution in [0, 0.1) is 17.2 Å². The molecule has 10 heavy (non-hydrogen) atoms. The molecule has 1 fully saturated rings. The molecule has 58 valence electrons. The summed E-state index contributed by atoms with van der Waals surface area (Å²) in [6.07, 6.45) is 1.65. The van der Waals surface area contributed by atoms with Gasteiger partial charge >= 0.3 is 0 Å². The van der Waals surface area contributed by atoms with Crippen LogP contribution in [-0.4, -0.2) is 16.8 Å². The van der Waals surface area contributed by atoms with Gasteiger partial charge in [-0.2, -0.15) is 9.15 Å². The first kappa shape index (κ1) is 7.87. The van der Waals surface area contributed by atoms with Gasteiger partial charge in [0.05, 0.1) is 12.0 Å². The Bertz CT molecular complexity index is 196. The van der Waals surface area contributed by atoms with Crippen molar-refractivity contribution in [2.24, 2.45) is 5.92 Å². The lowest BCUT2D eigenvalue weighted by Gasteiger charge is -2.15. The van der Waals surface area contributed by atoms with Crippen molar-refractivity contribution in [3.8, 4) is 6.07 Å². The van der Waals surface area contributed by atoms with E-state index < -0.39 is 10.4 Å². The zero-order chi connectivity index (χ0) is 7.99. The van der Waals surface area contributed by atoms with Gasteiger partial charge in [-0.1, -0.05) is 10.4 Å². The second kappa shape index (κ2) is 1.88. The van der Waals surface area contributed by atoms with Gasteiger partial charge in [0.15, 0.2) is 0 Å². The first-order valence-electron chi connectivity index (χ1n) is 3.29. The van der Waals surface area contributed by atoms with E-state index in [4.69, 9.17) is 5.26 Å². The quantitative estimate of drug-likeness (QED) is 0.541. The molecule has 0 amide bonds. The van der Waals surface area contributed by atoms with Gasteiger partial charge in [-0.15, -0.1) is 0 Å². The molecule has 0 aromatic carbocycles. The molecule has 1 heterocycles. The Morgan fingerprint density at radius 2 is 2.20 bits per heavy atom. The summed E-state index contributed by atoms with van der Waals surface area (Å²) in [6.45, 7) is 3.67. The Hall–Kier alpha value is -0.230. The minimum Gasteiger partial charge on any atom is -0.198 e. The minimum absolute atomic E-state index is 0.127. The third kappa shape index (κ3) is 0.826. The molecule has 0 aliphatic carbocycles. The number of hydrogen-bond donors (Lipinski definition) is 0. The summed E-state index contributed by atoms with van der Waals surface area (Å²) < 4.78 is 12.9. The van der Waals surface area contributed by atoms with E-state index in [0.717, 1.165) is 0 Å². The summed E-state index contributed by atoms with van der Waals surface area (Å²) in [7, 11) is -1.89. The topological polar surface area (TPSA) is 23.8 Å². The van der Waals surface area contributed by atoms with Crippen LogP contribution in [0.25, 0.3) is 0 Å². The van der Waals surface area contributed by atoms with Gasteiger partial charge in [-0.05, 0) is 20.1 Å². The van der Waals surface area contributed by atoms with Crippen LogP contribution in [-0.2, 0) is 0 Å². The highest BCUT2D eigenvalue weighted by molar-refractivity contribution is 8.36. The third-order valence-electron chi connectivity index (χ3n) is 2.55. The van der Waals surface area contributed by atoms with Gasteiger partial charge < -0.3 is 0 Å². The average molecular weight is 161 g/mol. The molecule has 3 unspecified atom stereocenters. The van der Waals surface area contributed by atoms with E-state index >= 15 is 0 Å². The molecule has 1 rings (SSSR count). The van der Waals surface area contributed by atoms with Crippen LogP contribution >= 0.6 is 10.4 Å². The maximum atomic E-state index is 13.2. The highest BCUT2D eigenvalue weighted by Crippen LogP contribution is 2.77. The smallest absolute Gasteiger partial charge is 0.0668 e. The number of nitrogens with zero attached hydrogens (tertiary/aromatic N) is 1. The number of halogens is 1. The van der Waals surface area contributed by atoms with Crippen molar-refractivity contribution in [1.82, 2.24) is 0 Å². The van der Waals surface area contributed by atoms with Crippen LogP contribution in [0.4, 0.5) is 3.89 Å². The fraction of sp³-hybridized carbons (Fsp3) is 0.857. The van der Waals surface area contributed by atoms with E-state index in [-0.39, 0.29) is 10.7 Å². The standard InChI is InChI=1S/C7H12FNS/c1-6(4-9)7(2)5-10(7,3)8/h6H,5H2,1-3H3. The van der Waals surface area contributed by atoms with E-state index in [1.165, 1.54) is 0 Å². The summed E-state index contributed by atoms with van der Waals surface area (Å²) in [5, 5.41) is 8.54. The number of nitriles is 1. The fourth-order valence-electron chi connectivity index (χ4n) is 1.14. The maximum absolute atomic E-state index is 13.2. The Labute approximate surface area is 62.8 Å². The third-order valence-corrected chi connectivity index (χ3v) is 5.79. The van der Waals surface area contributed by atoms with Gasteiger partial charge in [-0.3, -0.25) is 0 Å². The molecule has 1 aliphatic heterocycles. The second-order valence-corrected chi connectivity index (χ2v) is 6.46. The molecule has 0 aromatic heterocycles. The lowest BCUT2D eigenvalue weighted by Crippen LogP contribution is -2.15. The van der Waals surface area contributed by atoms with Crippen molar-refractivity contribution >= 4 is 10.4 Å². The largest absolute Gasteiger partial charge is 0.198 e. The van der Waals surface area contributed by atoms with Gasteiger partial charge in [0, 0.05) is 10.5 Å². The van der Waals surface area contributed by atoms with E-state index in [9.17, 15) is 3.89 Å². The van der Waals surface area contributed by atoms with Crippen molar-refractivity contribution in [2.75, 3.05) is 12.0 Å². The lowest BCUT2D eigenvalue weighted by molar-refractivity contribution is 0.615. The second-order valence-electron chi connectivity index (χ2n) is 3.29. The van der Waals surface area contributed by atoms with Crippen molar-refractivity contribution in [1.29, 1.82) is 5.26 Å². The molecular weight excluding hydrogens is 149 g/mol. The normalized spacial score (nSPS) is 54.3. The summed E-state index contributed by atoms with van der Waals surface area (Å²) >= 11 is 0. The molecule has 0 aromatic rings. The van der Waals surface area contributed by atoms with Crippen LogP contribution < -0.4 is 0 Å². The predicted molar refractivity (Wildman–Crippen MR) is 42.7 cm³/mol. The maximum Gasteiger partial charge on any atom is 0.0668 e. The molecule has 0 saturated carbocycles. The lowest BCUT2D eigenvalue weighted by atomic mass is 10.0. The molecular formula is C7H12FNS. The Morgan fingerprint density at radius 3 is 2.30 bits per heavy atom. The number of hydrogen-bond acceptors (Lipinski definition) is 1. The Kier molecular flexibility index (Phi) is 1.48. The van der Waals surface area contributed by atoms with Crippen LogP contribution in [0.15, 0.2) is 0 Å². The highest BCUT2D eigenvalue weighted by atomic mass is 32.3. The van der Waals surface area contributed by atoms with Crippen LogP contribution in [0.3, 0.4) is 0 Å². The SMILES string of the molecule is CC(C#N)C1(C)CS1(C)F. The van der Waals surface area contributed by atoms with Gasteiger partial charge in [0.1, 0.15) is 0 Å². The summed E-state index contributed by atoms with van der Waals surface area (Å²) in [6, 6.07) is 2.10. The van der Waals surface area contributed by atoms with E-state index in [1.54, 1.807) is 13.2 Å². The molecule has 0 spiro atoms. The summed E-state index contributed by atoms with van der Waals surface area (Å²) in [5.41, 5.74) is 0. The van der Waals surface area contributed by atoms with Crippen LogP contribution in [0.1, 0.15) is 13.8 Å². The highest BCUT2D eigenvalue weighted by Gasteiger charge is 2.61. The van der Waals surface area contributed by atoms with Gasteiger partial charge in [-0.25, -0.2) is 0 Å². The van der Waals surface area contributed by atoms with Crippen molar-refractivity contribution < 1.29 is 3.89 Å². The zero-order valence-electron chi connectivity index (χ0n) is 6.52. The molecule has 0 radical (unpaired) electrons. The summed E-state index contributed by atoms with van der Waals surface area (Å²) in [5.74, 6) is 0.492. The molecule has 3 atom stereocenters. The fourth-order valence-corrected chi connectivity index (χ4v) is 3.68. The minimum atomic E-state index is -1.89. The van der Waals surface area contributed by atoms with Gasteiger partial charge in [0.2, 0.25) is 0 Å². The monoisotopic (exact) mass is 161 g/mol. The van der Waals surface area contributed by atoms with E-state index in [1.807, 2.05) is 6.92 Å². The number of rotatable bonds is 1. The molecule has 1 nitrogen and oxygen atoms in total. The first-order valence-corrected chi connectivity index (χ1v) is 5.40. The predicted octanol–water partition coefficient (Wildman–Crippen LogP) is 2.24. The molecule has 1 aliphatic rings. The average Bonchev–Trinajstić information content (AvgIpc) is 2.32. The van der Waals surface area contributed by atoms with E-state index in [2.05, 4.69) is 6.07 Å². The van der Waals surface area contributed by atoms with Gasteiger partial charge in [0.25, 0.3) is 0 Å². The van der Waals surface area contributed by atoms with Crippen LogP contribution in [0.5, 0.6) is 0 Å².